The lowest BCUT2D eigenvalue weighted by atomic mass is 10.1. The van der Waals surface area contributed by atoms with Gasteiger partial charge in [0.15, 0.2) is 0 Å². The highest BCUT2D eigenvalue weighted by Crippen LogP contribution is 2.28. The number of hydrogen-bond donors (Lipinski definition) is 2. The van der Waals surface area contributed by atoms with Gasteiger partial charge in [-0.3, -0.25) is 5.10 Å². The molecule has 124 valence electrons. The van der Waals surface area contributed by atoms with E-state index in [0.29, 0.717) is 17.1 Å². The van der Waals surface area contributed by atoms with Crippen molar-refractivity contribution in [1.82, 2.24) is 25.1 Å². The Kier molecular flexibility index (Phi) is 4.06. The molecule has 0 atom stereocenters. The second-order valence-corrected chi connectivity index (χ2v) is 5.35. The molecule has 1 aromatic carbocycles. The van der Waals surface area contributed by atoms with E-state index in [9.17, 15) is 13.2 Å². The van der Waals surface area contributed by atoms with Crippen LogP contribution in [0.15, 0.2) is 35.4 Å². The second kappa shape index (κ2) is 6.04. The maximum atomic E-state index is 12.6. The third-order valence-electron chi connectivity index (χ3n) is 3.15. The minimum Gasteiger partial charge on any atom is -0.282 e. The summed E-state index contributed by atoms with van der Waals surface area (Å²) in [5.74, 6) is 0.396. The summed E-state index contributed by atoms with van der Waals surface area (Å²) in [6.07, 6.45) is -2.97. The van der Waals surface area contributed by atoms with Gasteiger partial charge in [-0.2, -0.15) is 33.1 Å². The van der Waals surface area contributed by atoms with Crippen LogP contribution < -0.4 is 0 Å². The Hall–Kier alpha value is -2.75. The Balaban J connectivity index is 1.90. The van der Waals surface area contributed by atoms with Crippen molar-refractivity contribution in [3.63, 3.8) is 0 Å². The highest BCUT2D eigenvalue weighted by molar-refractivity contribution is 7.71. The maximum absolute atomic E-state index is 12.6. The number of benzene rings is 1. The molecule has 10 heteroatoms. The number of aromatic nitrogens is 5. The lowest BCUT2D eigenvalue weighted by Crippen LogP contribution is -2.04. The highest BCUT2D eigenvalue weighted by Gasteiger charge is 2.29. The molecular weight excluding hydrogens is 341 g/mol. The molecule has 0 saturated heterocycles. The Morgan fingerprint density at radius 2 is 1.88 bits per heavy atom. The number of aromatic amines is 2. The Morgan fingerprint density at radius 3 is 2.46 bits per heavy atom. The third kappa shape index (κ3) is 3.27. The summed E-state index contributed by atoms with van der Waals surface area (Å²) < 4.78 is 39.2. The molecule has 3 rings (SSSR count). The van der Waals surface area contributed by atoms with E-state index in [-0.39, 0.29) is 4.77 Å². The fraction of sp³-hybridized carbons (Fsp3) is 0.143. The number of H-pyrrole nitrogens is 2. The van der Waals surface area contributed by atoms with Crippen LogP contribution in [0.4, 0.5) is 13.2 Å². The first-order valence-electron chi connectivity index (χ1n) is 6.76. The second-order valence-electron chi connectivity index (χ2n) is 4.96. The quantitative estimate of drug-likeness (QED) is 0.559. The molecule has 2 aromatic heterocycles. The van der Waals surface area contributed by atoms with E-state index in [1.165, 1.54) is 23.0 Å². The van der Waals surface area contributed by atoms with Crippen LogP contribution in [0.1, 0.15) is 16.8 Å². The first-order chi connectivity index (χ1) is 11.3. The van der Waals surface area contributed by atoms with Crippen LogP contribution in [0, 0.1) is 11.7 Å². The molecule has 6 nitrogen and oxygen atoms in total. The van der Waals surface area contributed by atoms with Gasteiger partial charge in [0.1, 0.15) is 5.69 Å². The van der Waals surface area contributed by atoms with Gasteiger partial charge in [-0.1, -0.05) is 12.1 Å². The number of halogens is 3. The van der Waals surface area contributed by atoms with Crippen molar-refractivity contribution in [2.75, 3.05) is 0 Å². The van der Waals surface area contributed by atoms with Gasteiger partial charge >= 0.3 is 6.18 Å². The van der Waals surface area contributed by atoms with E-state index in [1.807, 2.05) is 6.92 Å². The third-order valence-corrected chi connectivity index (χ3v) is 3.41. The van der Waals surface area contributed by atoms with Crippen LogP contribution in [-0.2, 0) is 6.18 Å². The normalized spacial score (nSPS) is 12.2. The molecule has 0 amide bonds. The molecule has 0 aliphatic heterocycles. The summed E-state index contributed by atoms with van der Waals surface area (Å²) in [6, 6.07) is 6.42. The van der Waals surface area contributed by atoms with Gasteiger partial charge in [0.05, 0.1) is 11.8 Å². The largest absolute Gasteiger partial charge is 0.416 e. The number of rotatable bonds is 3. The first kappa shape index (κ1) is 16.1. The zero-order chi connectivity index (χ0) is 17.3. The first-order valence-corrected chi connectivity index (χ1v) is 7.17. The molecule has 0 unspecified atom stereocenters. The highest BCUT2D eigenvalue weighted by atomic mass is 32.1. The number of hydrogen-bond acceptors (Lipinski definition) is 4. The van der Waals surface area contributed by atoms with Crippen molar-refractivity contribution in [2.24, 2.45) is 5.10 Å². The average molecular weight is 352 g/mol. The minimum absolute atomic E-state index is 0.244. The van der Waals surface area contributed by atoms with Crippen molar-refractivity contribution in [2.45, 2.75) is 13.1 Å². The van der Waals surface area contributed by atoms with Crippen LogP contribution in [0.25, 0.3) is 11.5 Å². The van der Waals surface area contributed by atoms with Crippen molar-refractivity contribution in [1.29, 1.82) is 0 Å². The molecule has 2 heterocycles. The van der Waals surface area contributed by atoms with Gasteiger partial charge < -0.3 is 0 Å². The monoisotopic (exact) mass is 352 g/mol. The Morgan fingerprint density at radius 1 is 1.17 bits per heavy atom. The smallest absolute Gasteiger partial charge is 0.282 e. The van der Waals surface area contributed by atoms with Crippen LogP contribution in [-0.4, -0.2) is 31.3 Å². The fourth-order valence-corrected chi connectivity index (χ4v) is 2.16. The van der Waals surface area contributed by atoms with Crippen molar-refractivity contribution in [3.8, 4) is 11.5 Å². The molecule has 0 radical (unpaired) electrons. The summed E-state index contributed by atoms with van der Waals surface area (Å²) in [5.41, 5.74) is 1.17. The SMILES string of the molecule is Cc1cc(-c2n[nH]c(=S)n2N=Cc2ccc(C(F)(F)F)cc2)n[nH]1. The Labute approximate surface area is 139 Å². The predicted molar refractivity (Wildman–Crippen MR) is 84.2 cm³/mol. The summed E-state index contributed by atoms with van der Waals surface area (Å²) in [7, 11) is 0. The average Bonchev–Trinajstić information content (AvgIpc) is 3.11. The number of nitrogens with zero attached hydrogens (tertiary/aromatic N) is 4. The molecule has 0 aliphatic carbocycles. The summed E-state index contributed by atoms with van der Waals surface area (Å²) in [5, 5.41) is 17.7. The topological polar surface area (TPSA) is 74.7 Å². The van der Waals surface area contributed by atoms with Crippen LogP contribution in [0.3, 0.4) is 0 Å². The summed E-state index contributed by atoms with van der Waals surface area (Å²) in [4.78, 5) is 0. The van der Waals surface area contributed by atoms with E-state index < -0.39 is 11.7 Å². The molecule has 3 aromatic rings. The maximum Gasteiger partial charge on any atom is 0.416 e. The molecule has 0 saturated carbocycles. The molecular formula is C14H11F3N6S. The summed E-state index contributed by atoms with van der Waals surface area (Å²) >= 11 is 5.11. The number of aryl methyl sites for hydroxylation is 1. The van der Waals surface area contributed by atoms with Gasteiger partial charge in [0, 0.05) is 5.69 Å². The van der Waals surface area contributed by atoms with Gasteiger partial charge in [0.2, 0.25) is 10.6 Å². The van der Waals surface area contributed by atoms with E-state index >= 15 is 0 Å². The molecule has 0 fully saturated rings. The fourth-order valence-electron chi connectivity index (χ4n) is 1.98. The van der Waals surface area contributed by atoms with Crippen molar-refractivity contribution in [3.05, 3.63) is 51.9 Å². The van der Waals surface area contributed by atoms with Gasteiger partial charge in [-0.25, -0.2) is 5.10 Å². The van der Waals surface area contributed by atoms with Gasteiger partial charge in [-0.05, 0) is 42.9 Å². The molecule has 2 N–H and O–H groups in total. The lowest BCUT2D eigenvalue weighted by molar-refractivity contribution is -0.137. The zero-order valence-electron chi connectivity index (χ0n) is 12.3. The van der Waals surface area contributed by atoms with Gasteiger partial charge in [0.25, 0.3) is 0 Å². The predicted octanol–water partition coefficient (Wildman–Crippen LogP) is 3.54. The molecule has 24 heavy (non-hydrogen) atoms. The molecule has 0 aliphatic rings. The van der Waals surface area contributed by atoms with Gasteiger partial charge in [-0.15, -0.1) is 0 Å². The minimum atomic E-state index is -4.37. The van der Waals surface area contributed by atoms with E-state index in [0.717, 1.165) is 17.8 Å². The standard InChI is InChI=1S/C14H11F3N6S/c1-8-6-11(20-19-8)12-21-22-13(24)23(12)18-7-9-2-4-10(5-3-9)14(15,16)17/h2-7H,1H3,(H,19,20)(H,22,24). The van der Waals surface area contributed by atoms with E-state index in [1.54, 1.807) is 6.07 Å². The van der Waals surface area contributed by atoms with Crippen molar-refractivity contribution >= 4 is 18.4 Å². The molecule has 0 spiro atoms. The van der Waals surface area contributed by atoms with Crippen LogP contribution >= 0.6 is 12.2 Å². The number of alkyl halides is 3. The number of nitrogens with one attached hydrogen (secondary N) is 2. The van der Waals surface area contributed by atoms with Crippen LogP contribution in [0.5, 0.6) is 0 Å². The van der Waals surface area contributed by atoms with Crippen LogP contribution in [0.2, 0.25) is 0 Å². The summed E-state index contributed by atoms with van der Waals surface area (Å²) in [6.45, 7) is 1.84. The molecule has 0 bridgehead atoms. The van der Waals surface area contributed by atoms with E-state index in [4.69, 9.17) is 12.2 Å². The van der Waals surface area contributed by atoms with Crippen molar-refractivity contribution < 1.29 is 13.2 Å². The Bertz CT molecular complexity index is 933. The zero-order valence-corrected chi connectivity index (χ0v) is 13.1. The van der Waals surface area contributed by atoms with E-state index in [2.05, 4.69) is 25.5 Å². The lowest BCUT2D eigenvalue weighted by Gasteiger charge is -2.05.